The highest BCUT2D eigenvalue weighted by Gasteiger charge is 2.21. The highest BCUT2D eigenvalue weighted by Crippen LogP contribution is 2.19. The number of hydrogen-bond donors (Lipinski definition) is 2. The van der Waals surface area contributed by atoms with Gasteiger partial charge in [-0.1, -0.05) is 0 Å². The maximum absolute atomic E-state index is 12.2. The Kier molecular flexibility index (Phi) is 4.27. The van der Waals surface area contributed by atoms with E-state index >= 15 is 0 Å². The molecule has 2 unspecified atom stereocenters. The van der Waals surface area contributed by atoms with Crippen molar-refractivity contribution in [3.8, 4) is 5.75 Å². The molecule has 5 nitrogen and oxygen atoms in total. The van der Waals surface area contributed by atoms with Gasteiger partial charge in [0.15, 0.2) is 0 Å². The Hall–Kier alpha value is -1.75. The number of hydrogen-bond acceptors (Lipinski definition) is 4. The number of amides is 1. The number of anilines is 1. The number of ether oxygens (including phenoxy) is 2. The maximum Gasteiger partial charge on any atom is 0.251 e. The molecule has 1 aliphatic rings. The minimum absolute atomic E-state index is 0.121. The zero-order valence-electron chi connectivity index (χ0n) is 11.3. The molecule has 1 amide bonds. The van der Waals surface area contributed by atoms with Gasteiger partial charge in [-0.2, -0.15) is 0 Å². The molecule has 5 heteroatoms. The van der Waals surface area contributed by atoms with E-state index in [0.717, 1.165) is 12.8 Å². The summed E-state index contributed by atoms with van der Waals surface area (Å²) in [5.41, 5.74) is 6.79. The van der Waals surface area contributed by atoms with Crippen LogP contribution in [0, 0.1) is 0 Å². The quantitative estimate of drug-likeness (QED) is 0.813. The minimum atomic E-state index is -0.121. The smallest absolute Gasteiger partial charge is 0.251 e. The Morgan fingerprint density at radius 3 is 2.95 bits per heavy atom. The van der Waals surface area contributed by atoms with E-state index in [-0.39, 0.29) is 18.1 Å². The third kappa shape index (κ3) is 3.61. The molecule has 2 rings (SSSR count). The molecule has 1 fully saturated rings. The Labute approximate surface area is 113 Å². The second-order valence-corrected chi connectivity index (χ2v) is 4.87. The lowest BCUT2D eigenvalue weighted by Gasteiger charge is -2.28. The number of nitrogen functional groups attached to an aromatic ring is 1. The van der Waals surface area contributed by atoms with Crippen molar-refractivity contribution >= 4 is 11.6 Å². The zero-order chi connectivity index (χ0) is 13.8. The van der Waals surface area contributed by atoms with Gasteiger partial charge < -0.3 is 20.5 Å². The molecule has 0 saturated carbocycles. The fourth-order valence-corrected chi connectivity index (χ4v) is 2.27. The Bertz CT molecular complexity index is 462. The predicted octanol–water partition coefficient (Wildman–Crippen LogP) is 1.57. The van der Waals surface area contributed by atoms with E-state index in [1.807, 2.05) is 6.92 Å². The van der Waals surface area contributed by atoms with Gasteiger partial charge in [0.05, 0.1) is 13.2 Å². The largest absolute Gasteiger partial charge is 0.497 e. The van der Waals surface area contributed by atoms with Crippen LogP contribution >= 0.6 is 0 Å². The van der Waals surface area contributed by atoms with Crippen LogP contribution in [0.2, 0.25) is 0 Å². The van der Waals surface area contributed by atoms with Gasteiger partial charge in [-0.05, 0) is 31.9 Å². The molecule has 104 valence electrons. The normalized spacial score (nSPS) is 22.8. The fourth-order valence-electron chi connectivity index (χ4n) is 2.27. The predicted molar refractivity (Wildman–Crippen MR) is 73.3 cm³/mol. The first-order valence-electron chi connectivity index (χ1n) is 6.45. The van der Waals surface area contributed by atoms with Crippen LogP contribution in [0.3, 0.4) is 0 Å². The lowest BCUT2D eigenvalue weighted by Crippen LogP contribution is -2.41. The standard InChI is InChI=1S/C14H20N2O3/c1-9-5-12(3-4-19-9)16-14(17)10-6-11(15)8-13(7-10)18-2/h6-9,12H,3-5,15H2,1-2H3,(H,16,17). The first kappa shape index (κ1) is 13.7. The molecule has 3 N–H and O–H groups in total. The molecule has 1 aromatic carbocycles. The Morgan fingerprint density at radius 2 is 2.26 bits per heavy atom. The lowest BCUT2D eigenvalue weighted by molar-refractivity contribution is 0.0136. The summed E-state index contributed by atoms with van der Waals surface area (Å²) in [4.78, 5) is 12.2. The van der Waals surface area contributed by atoms with E-state index < -0.39 is 0 Å². The van der Waals surface area contributed by atoms with Crippen molar-refractivity contribution in [1.29, 1.82) is 0 Å². The van der Waals surface area contributed by atoms with Crippen molar-refractivity contribution in [2.24, 2.45) is 0 Å². The summed E-state index contributed by atoms with van der Waals surface area (Å²) in [6, 6.07) is 5.19. The summed E-state index contributed by atoms with van der Waals surface area (Å²) in [5.74, 6) is 0.468. The first-order valence-corrected chi connectivity index (χ1v) is 6.45. The number of benzene rings is 1. The minimum Gasteiger partial charge on any atom is -0.497 e. The molecule has 0 aromatic heterocycles. The molecule has 1 heterocycles. The van der Waals surface area contributed by atoms with Gasteiger partial charge in [0, 0.05) is 30.0 Å². The number of rotatable bonds is 3. The zero-order valence-corrected chi connectivity index (χ0v) is 11.3. The van der Waals surface area contributed by atoms with Crippen molar-refractivity contribution in [1.82, 2.24) is 5.32 Å². The van der Waals surface area contributed by atoms with E-state index in [2.05, 4.69) is 5.32 Å². The lowest BCUT2D eigenvalue weighted by atomic mass is 10.0. The van der Waals surface area contributed by atoms with Crippen LogP contribution in [0.1, 0.15) is 30.1 Å². The highest BCUT2D eigenvalue weighted by molar-refractivity contribution is 5.95. The number of carbonyl (C=O) groups excluding carboxylic acids is 1. The molecule has 0 bridgehead atoms. The van der Waals surface area contributed by atoms with E-state index in [0.29, 0.717) is 23.6 Å². The third-order valence-electron chi connectivity index (χ3n) is 3.25. The number of carbonyl (C=O) groups is 1. The summed E-state index contributed by atoms with van der Waals surface area (Å²) in [7, 11) is 1.55. The van der Waals surface area contributed by atoms with Gasteiger partial charge in [-0.25, -0.2) is 0 Å². The summed E-state index contributed by atoms with van der Waals surface area (Å²) < 4.78 is 10.6. The monoisotopic (exact) mass is 264 g/mol. The second kappa shape index (κ2) is 5.93. The third-order valence-corrected chi connectivity index (χ3v) is 3.25. The van der Waals surface area contributed by atoms with Crippen LogP contribution in [0.25, 0.3) is 0 Å². The summed E-state index contributed by atoms with van der Waals surface area (Å²) in [5, 5.41) is 3.01. The van der Waals surface area contributed by atoms with E-state index in [4.69, 9.17) is 15.2 Å². The van der Waals surface area contributed by atoms with Gasteiger partial charge in [0.1, 0.15) is 5.75 Å². The van der Waals surface area contributed by atoms with Crippen LogP contribution in [0.15, 0.2) is 18.2 Å². The van der Waals surface area contributed by atoms with Crippen LogP contribution in [0.4, 0.5) is 5.69 Å². The first-order chi connectivity index (χ1) is 9.08. The molecule has 1 aromatic rings. The van der Waals surface area contributed by atoms with Crippen molar-refractivity contribution in [3.63, 3.8) is 0 Å². The number of nitrogens with two attached hydrogens (primary N) is 1. The number of nitrogens with one attached hydrogen (secondary N) is 1. The van der Waals surface area contributed by atoms with Crippen molar-refractivity contribution < 1.29 is 14.3 Å². The van der Waals surface area contributed by atoms with Crippen molar-refractivity contribution in [2.75, 3.05) is 19.5 Å². The molecule has 2 atom stereocenters. The summed E-state index contributed by atoms with van der Waals surface area (Å²) in [6.07, 6.45) is 1.87. The van der Waals surface area contributed by atoms with E-state index in [1.54, 1.807) is 25.3 Å². The van der Waals surface area contributed by atoms with E-state index in [9.17, 15) is 4.79 Å². The summed E-state index contributed by atoms with van der Waals surface area (Å²) in [6.45, 7) is 2.70. The van der Waals surface area contributed by atoms with Gasteiger partial charge in [0.2, 0.25) is 0 Å². The molecule has 0 radical (unpaired) electrons. The molecule has 19 heavy (non-hydrogen) atoms. The number of methoxy groups -OCH3 is 1. The molecule has 1 saturated heterocycles. The SMILES string of the molecule is COc1cc(N)cc(C(=O)NC2CCOC(C)C2)c1. The van der Waals surface area contributed by atoms with Crippen LogP contribution in [-0.2, 0) is 4.74 Å². The van der Waals surface area contributed by atoms with E-state index in [1.165, 1.54) is 0 Å². The molecular weight excluding hydrogens is 244 g/mol. The van der Waals surface area contributed by atoms with Crippen LogP contribution < -0.4 is 15.8 Å². The molecule has 1 aliphatic heterocycles. The topological polar surface area (TPSA) is 73.6 Å². The van der Waals surface area contributed by atoms with Crippen molar-refractivity contribution in [3.05, 3.63) is 23.8 Å². The maximum atomic E-state index is 12.2. The molecular formula is C14H20N2O3. The Balaban J connectivity index is 2.05. The van der Waals surface area contributed by atoms with Gasteiger partial charge in [0.25, 0.3) is 5.91 Å². The fraction of sp³-hybridized carbons (Fsp3) is 0.500. The van der Waals surface area contributed by atoms with Crippen molar-refractivity contribution in [2.45, 2.75) is 31.9 Å². The van der Waals surface area contributed by atoms with Crippen LogP contribution in [-0.4, -0.2) is 31.8 Å². The van der Waals surface area contributed by atoms with Gasteiger partial charge in [-0.3, -0.25) is 4.79 Å². The van der Waals surface area contributed by atoms with Gasteiger partial charge >= 0.3 is 0 Å². The van der Waals surface area contributed by atoms with Crippen LogP contribution in [0.5, 0.6) is 5.75 Å². The molecule has 0 spiro atoms. The van der Waals surface area contributed by atoms with Gasteiger partial charge in [-0.15, -0.1) is 0 Å². The summed E-state index contributed by atoms with van der Waals surface area (Å²) >= 11 is 0. The average molecular weight is 264 g/mol. The Morgan fingerprint density at radius 1 is 1.47 bits per heavy atom. The average Bonchev–Trinajstić information content (AvgIpc) is 2.38. The highest BCUT2D eigenvalue weighted by atomic mass is 16.5. The second-order valence-electron chi connectivity index (χ2n) is 4.87. The molecule has 0 aliphatic carbocycles.